The van der Waals surface area contributed by atoms with Gasteiger partial charge in [-0.2, -0.15) is 0 Å². The Morgan fingerprint density at radius 1 is 0.558 bits per heavy atom. The Morgan fingerprint density at radius 3 is 1.45 bits per heavy atom. The number of esters is 4. The maximum absolute atomic E-state index is 15.4. The first-order valence-corrected chi connectivity index (χ1v) is 52.4. The Balaban J connectivity index is 0.000000240. The normalized spacial score (nSPS) is 32.6. The van der Waals surface area contributed by atoms with Crippen LogP contribution in [0, 0.1) is 41.4 Å². The highest BCUT2D eigenvalue weighted by Gasteiger charge is 2.62. The number of amides is 1. The summed E-state index contributed by atoms with van der Waals surface area (Å²) in [5.74, 6) is -11.4. The standard InChI is InChI=1S/C56H76N4O11.C52H64N4O11.C7H16N2/c1-12-45-56(9)49(60(54(65)71-56)33-42-25-19-27-59(42)13-2)36(5)46(61)34(3)31-55(8,66-28-20-21-39-30-41-24-17-18-26-43(41)57-32-39)50(37(6)47(62)38(7)51(63)68-45)70-53-48(44(58(10)11)29-35(4)67-53)69-52(64)40-22-15-14-16-23-40;1-11-42-51(7,67-50(61)56-24-23-53-31-56)28-32(2)43(57)33(3)29-52(8,62-25-17-18-37-27-39-21-15-16-22-40(39)54-30-37)46(35(5)44(58)36(6)47(59)64-42)66-49-45(41(55(9)10)26-34(4)63-49)65-48(60)38-19-13-12-14-20-38;1-2-9-5-3-4-7(9)6-8/h14-18,20-24,26,30,32,34-38,42,44-45,48-50,53H,12-13,19,25,27-29,31,33H2,1-11H3;12-24,27-28,30-31,33-36,41-42,45-46,49H,11,25-26,29H2,1-10H3;7H,2-6,8H2,1H3/b21-20+;18-17+,32-28+;/t34-,35-,36+,37+,38-,42+,44+,45-,48-,49-,50-,53+,55-,56-;33-,34-,35+,36-,41+,42-,45-,46-,49+,51+,52-;7-/m110/s1. The van der Waals surface area contributed by atoms with E-state index in [-0.39, 0.29) is 86.4 Å². The molecule has 3 aromatic heterocycles. The zero-order valence-electron chi connectivity index (χ0n) is 89.8. The molecule has 14 rings (SSSR count). The first-order chi connectivity index (χ1) is 70.0. The molecule has 2 N–H and O–H groups in total. The van der Waals surface area contributed by atoms with Crippen LogP contribution < -0.4 is 5.73 Å². The first-order valence-electron chi connectivity index (χ1n) is 52.4. The first kappa shape index (κ1) is 115. The van der Waals surface area contributed by atoms with Crippen molar-refractivity contribution < 1.29 is 105 Å². The van der Waals surface area contributed by atoms with Crippen molar-refractivity contribution in [3.63, 3.8) is 0 Å². The van der Waals surface area contributed by atoms with Crippen LogP contribution in [-0.2, 0) is 85.6 Å². The van der Waals surface area contributed by atoms with Crippen LogP contribution in [0.15, 0.2) is 176 Å². The number of nitrogens with zero attached hydrogens (tertiary/aromatic N) is 9. The maximum Gasteiger partial charge on any atom is 0.420 e. The van der Waals surface area contributed by atoms with Crippen molar-refractivity contribution in [2.75, 3.05) is 80.7 Å². The second kappa shape index (κ2) is 51.5. The molecule has 0 saturated carbocycles. The lowest BCUT2D eigenvalue weighted by molar-refractivity contribution is -0.296. The Kier molecular flexibility index (Phi) is 40.2. The topological polar surface area (TPSA) is 367 Å². The van der Waals surface area contributed by atoms with Crippen molar-refractivity contribution in [3.8, 4) is 0 Å². The third-order valence-electron chi connectivity index (χ3n) is 30.7. The van der Waals surface area contributed by atoms with Gasteiger partial charge in [0, 0.05) is 90.3 Å². The summed E-state index contributed by atoms with van der Waals surface area (Å²) in [6.07, 6.45) is 11.6. The highest BCUT2D eigenvalue weighted by Crippen LogP contribution is 2.47. The minimum Gasteiger partial charge on any atom is -0.458 e. The van der Waals surface area contributed by atoms with Gasteiger partial charge in [0.2, 0.25) is 0 Å². The van der Waals surface area contributed by atoms with E-state index in [0.717, 1.165) is 70.0 Å². The van der Waals surface area contributed by atoms with Crippen LogP contribution in [-0.4, -0.2) is 298 Å². The number of hydrogen-bond acceptors (Lipinski definition) is 30. The number of allylic oxidation sites excluding steroid dienone is 1. The summed E-state index contributed by atoms with van der Waals surface area (Å²) in [7, 11) is 7.56. The number of nitrogens with two attached hydrogens (primary N) is 1. The van der Waals surface area contributed by atoms with E-state index in [0.29, 0.717) is 36.6 Å². The summed E-state index contributed by atoms with van der Waals surface area (Å²) in [4.78, 5) is 167. The molecule has 10 heterocycles. The molecule has 0 bridgehead atoms. The summed E-state index contributed by atoms with van der Waals surface area (Å²) in [5, 5.41) is 1.94. The van der Waals surface area contributed by atoms with Crippen LogP contribution in [0.3, 0.4) is 0 Å². The smallest absolute Gasteiger partial charge is 0.420 e. The van der Waals surface area contributed by atoms with Crippen molar-refractivity contribution in [2.24, 2.45) is 47.2 Å². The molecule has 6 fully saturated rings. The molecule has 32 heteroatoms. The molecule has 1 amide bonds. The zero-order chi connectivity index (χ0) is 107. The number of fused-ring (bicyclic) bond motifs is 3. The van der Waals surface area contributed by atoms with Crippen LogP contribution in [0.5, 0.6) is 0 Å². The number of likely N-dealkylation sites (N-methyl/N-ethyl adjacent to an activating group) is 4. The lowest BCUT2D eigenvalue weighted by Gasteiger charge is -2.48. The van der Waals surface area contributed by atoms with Gasteiger partial charge >= 0.3 is 36.1 Å². The van der Waals surface area contributed by atoms with Gasteiger partial charge in [-0.1, -0.05) is 159 Å². The Labute approximate surface area is 866 Å². The molecule has 798 valence electrons. The second-order valence-corrected chi connectivity index (χ2v) is 42.1. The molecule has 0 unspecified atom stereocenters. The third-order valence-corrected chi connectivity index (χ3v) is 30.7. The van der Waals surface area contributed by atoms with E-state index in [4.69, 9.17) is 62.6 Å². The third kappa shape index (κ3) is 27.8. The van der Waals surface area contributed by atoms with E-state index < -0.39 is 167 Å². The van der Waals surface area contributed by atoms with E-state index in [9.17, 15) is 38.4 Å². The number of aromatic nitrogens is 4. The predicted molar refractivity (Wildman–Crippen MR) is 559 cm³/mol. The van der Waals surface area contributed by atoms with Crippen LogP contribution in [0.25, 0.3) is 34.0 Å². The molecule has 0 radical (unpaired) electrons. The van der Waals surface area contributed by atoms with Crippen LogP contribution in [0.2, 0.25) is 0 Å². The average molecular weight is 2030 g/mol. The number of pyridine rings is 2. The number of hydrogen-bond donors (Lipinski definition) is 1. The highest BCUT2D eigenvalue weighted by molar-refractivity contribution is 6.01. The van der Waals surface area contributed by atoms with Gasteiger partial charge in [-0.3, -0.25) is 53.4 Å². The van der Waals surface area contributed by atoms with Crippen molar-refractivity contribution in [1.29, 1.82) is 0 Å². The largest absolute Gasteiger partial charge is 0.458 e. The van der Waals surface area contributed by atoms with Crippen molar-refractivity contribution >= 4 is 93.2 Å². The highest BCUT2D eigenvalue weighted by atomic mass is 16.7. The minimum atomic E-state index is -1.65. The molecular formula is C115H156N10O22. The number of imidazole rings is 1. The van der Waals surface area contributed by atoms with E-state index >= 15 is 9.59 Å². The molecule has 0 spiro atoms. The number of ether oxygens (including phenoxy) is 12. The number of likely N-dealkylation sites (tertiary alicyclic amines) is 2. The van der Waals surface area contributed by atoms with E-state index in [1.165, 1.54) is 64.6 Å². The summed E-state index contributed by atoms with van der Waals surface area (Å²) in [5.41, 5.74) is 3.89. The number of benzene rings is 4. The Bertz CT molecular complexity index is 5720. The number of carbonyl (C=O) groups is 10. The molecule has 32 nitrogen and oxygen atoms in total. The monoisotopic (exact) mass is 2030 g/mol. The average Bonchev–Trinajstić information content (AvgIpc) is 1.59. The van der Waals surface area contributed by atoms with Gasteiger partial charge in [0.1, 0.15) is 36.2 Å². The number of carbonyl (C=O) groups excluding carboxylic acids is 10. The molecule has 7 aromatic rings. The van der Waals surface area contributed by atoms with Crippen molar-refractivity contribution in [2.45, 2.75) is 303 Å². The van der Waals surface area contributed by atoms with Gasteiger partial charge < -0.3 is 72.4 Å². The summed E-state index contributed by atoms with van der Waals surface area (Å²) >= 11 is 0. The molecule has 0 aliphatic carbocycles. The molecule has 7 aliphatic rings. The Hall–Kier alpha value is -11.0. The van der Waals surface area contributed by atoms with Gasteiger partial charge in [-0.25, -0.2) is 28.7 Å². The molecule has 7 aliphatic heterocycles. The number of ketones is 4. The van der Waals surface area contributed by atoms with Gasteiger partial charge in [0.05, 0.1) is 89.1 Å². The number of rotatable bonds is 26. The van der Waals surface area contributed by atoms with Gasteiger partial charge in [0.15, 0.2) is 53.3 Å². The minimum absolute atomic E-state index is 0.00650. The molecule has 4 aromatic carbocycles. The van der Waals surface area contributed by atoms with Crippen LogP contribution >= 0.6 is 0 Å². The zero-order valence-corrected chi connectivity index (χ0v) is 89.8. The fourth-order valence-corrected chi connectivity index (χ4v) is 22.6. The molecule has 6 saturated heterocycles. The molecule has 26 atom stereocenters. The van der Waals surface area contributed by atoms with Crippen LogP contribution in [0.1, 0.15) is 221 Å². The molecular weight excluding hydrogens is 1870 g/mol. The SMILES string of the molecule is CCN1CCC[C@H]1CN.CC[C@H]1OC(=O)[C@H](C)C(=O)[C@H](C)[C@@H](O[C@@H]2O[C@H](C)C[C@H](N(C)C)[C@H]2OC(=O)c2ccccc2)[C@](C)(OC/C=C/c2cnc3ccccc3c2)C[C@@H](C)C(=O)/C(C)=C/[C@]1(C)OC(=O)n1ccnc1.CC[C@H]1OC(=O)[C@H](C)C(=O)[C@H](C)[C@@H](O[C@@H]2O[C@H](C)C[C@H](N(C)C)[C@H]2OC(=O)c2ccccc2)[C@](C)(OC/C=C/c2cnc3ccccc3c2)C[C@@H](C)C(=O)[C@H](C)[C@H]2N(C[C@@H]3CCCN3CC)C(=O)O[C@]12C. The molecule has 147 heavy (non-hydrogen) atoms. The van der Waals surface area contributed by atoms with Gasteiger partial charge in [-0.05, 0) is 252 Å². The van der Waals surface area contributed by atoms with Crippen molar-refractivity contribution in [1.82, 2.24) is 44.0 Å². The lowest BCUT2D eigenvalue weighted by Crippen LogP contribution is -2.61. The van der Waals surface area contributed by atoms with Gasteiger partial charge in [-0.15, -0.1) is 0 Å². The van der Waals surface area contributed by atoms with Gasteiger partial charge in [0.25, 0.3) is 0 Å². The second-order valence-electron chi connectivity index (χ2n) is 42.1. The number of para-hydroxylation sites is 2. The summed E-state index contributed by atoms with van der Waals surface area (Å²) < 4.78 is 79.6. The van der Waals surface area contributed by atoms with Crippen molar-refractivity contribution in [3.05, 3.63) is 198 Å². The fourth-order valence-electron chi connectivity index (χ4n) is 22.6. The number of Topliss-reactive ketones (excluding diaryl/α,β-unsaturated/α-hetero) is 4. The summed E-state index contributed by atoms with van der Waals surface area (Å²) in [6.45, 7) is 37.3. The van der Waals surface area contributed by atoms with E-state index in [2.05, 4.69) is 38.6 Å². The van der Waals surface area contributed by atoms with E-state index in [1.54, 1.807) is 127 Å². The quantitative estimate of drug-likeness (QED) is 0.0299. The fraction of sp³-hybridized carbons (Fsp3) is 0.574. The number of cyclic esters (lactones) is 2. The summed E-state index contributed by atoms with van der Waals surface area (Å²) in [6, 6.07) is 36.1. The van der Waals surface area contributed by atoms with Crippen LogP contribution in [0.4, 0.5) is 9.59 Å². The lowest BCUT2D eigenvalue weighted by atomic mass is 9.73. The van der Waals surface area contributed by atoms with E-state index in [1.807, 2.05) is 171 Å². The predicted octanol–water partition coefficient (Wildman–Crippen LogP) is 16.7. The maximum atomic E-state index is 15.4. The Morgan fingerprint density at radius 2 is 1.01 bits per heavy atom.